The normalized spacial score (nSPS) is 15.6. The van der Waals surface area contributed by atoms with Gasteiger partial charge in [-0.25, -0.2) is 0 Å². The van der Waals surface area contributed by atoms with Gasteiger partial charge in [0.05, 0.1) is 5.69 Å². The number of benzene rings is 1. The summed E-state index contributed by atoms with van der Waals surface area (Å²) in [5, 5.41) is 3.93. The Morgan fingerprint density at radius 2 is 1.83 bits per heavy atom. The average Bonchev–Trinajstić information content (AvgIpc) is 2.97. The Morgan fingerprint density at radius 1 is 1.12 bits per heavy atom. The van der Waals surface area contributed by atoms with E-state index in [1.807, 2.05) is 0 Å². The number of carbonyl (C=O) groups excluding carboxylic acids is 1. The van der Waals surface area contributed by atoms with Gasteiger partial charge in [0.1, 0.15) is 5.69 Å². The van der Waals surface area contributed by atoms with E-state index in [1.54, 1.807) is 29.2 Å². The number of likely N-dealkylation sites (tertiary alicyclic amines) is 1. The van der Waals surface area contributed by atoms with E-state index in [1.165, 1.54) is 7.05 Å². The lowest BCUT2D eigenvalue weighted by atomic mass is 10.1. The summed E-state index contributed by atoms with van der Waals surface area (Å²) < 4.78 is 39.5. The fourth-order valence-electron chi connectivity index (χ4n) is 2.96. The van der Waals surface area contributed by atoms with Gasteiger partial charge < -0.3 is 4.90 Å². The van der Waals surface area contributed by atoms with Gasteiger partial charge in [-0.2, -0.15) is 18.3 Å². The van der Waals surface area contributed by atoms with Crippen LogP contribution < -0.4 is 0 Å². The van der Waals surface area contributed by atoms with E-state index in [0.717, 1.165) is 43.1 Å². The van der Waals surface area contributed by atoms with Crippen molar-refractivity contribution >= 4 is 5.91 Å². The van der Waals surface area contributed by atoms with Gasteiger partial charge in [-0.05, 0) is 37.5 Å². The van der Waals surface area contributed by atoms with Crippen molar-refractivity contribution < 1.29 is 18.0 Å². The number of aromatic nitrogens is 2. The fourth-order valence-corrected chi connectivity index (χ4v) is 2.96. The van der Waals surface area contributed by atoms with Crippen LogP contribution in [0.1, 0.15) is 35.3 Å². The first-order chi connectivity index (χ1) is 11.4. The first kappa shape index (κ1) is 16.5. The molecule has 0 atom stereocenters. The first-order valence-electron chi connectivity index (χ1n) is 7.87. The Bertz CT molecular complexity index is 746. The molecule has 0 spiro atoms. The number of piperidine rings is 1. The van der Waals surface area contributed by atoms with Gasteiger partial charge in [0, 0.05) is 31.3 Å². The zero-order chi connectivity index (χ0) is 17.3. The lowest BCUT2D eigenvalue weighted by molar-refractivity contribution is -0.143. The van der Waals surface area contributed by atoms with Crippen molar-refractivity contribution in [1.29, 1.82) is 0 Å². The smallest absolute Gasteiger partial charge is 0.339 e. The molecule has 3 rings (SSSR count). The highest BCUT2D eigenvalue weighted by Gasteiger charge is 2.35. The van der Waals surface area contributed by atoms with Crippen molar-refractivity contribution in [3.8, 4) is 11.3 Å². The van der Waals surface area contributed by atoms with Crippen LogP contribution in [0.5, 0.6) is 0 Å². The van der Waals surface area contributed by atoms with Crippen LogP contribution in [0.15, 0.2) is 30.3 Å². The summed E-state index contributed by atoms with van der Waals surface area (Å²) in [5.74, 6) is -0.0801. The zero-order valence-electron chi connectivity index (χ0n) is 13.3. The maximum absolute atomic E-state index is 12.9. The summed E-state index contributed by atoms with van der Waals surface area (Å²) in [6.45, 7) is 1.45. The molecule has 1 fully saturated rings. The maximum Gasteiger partial charge on any atom is 0.433 e. The second kappa shape index (κ2) is 6.30. The number of amides is 1. The molecule has 0 radical (unpaired) electrons. The van der Waals surface area contributed by atoms with E-state index in [2.05, 4.69) is 5.10 Å². The summed E-state index contributed by atoms with van der Waals surface area (Å²) in [5.41, 5.74) is 0.376. The number of nitrogens with zero attached hydrogens (tertiary/aromatic N) is 3. The molecule has 0 bridgehead atoms. The number of alkyl halides is 3. The Kier molecular flexibility index (Phi) is 4.34. The van der Waals surface area contributed by atoms with Crippen LogP contribution >= 0.6 is 0 Å². The van der Waals surface area contributed by atoms with Crippen LogP contribution in [-0.2, 0) is 13.2 Å². The number of hydrogen-bond donors (Lipinski definition) is 0. The first-order valence-corrected chi connectivity index (χ1v) is 7.87. The van der Waals surface area contributed by atoms with E-state index in [-0.39, 0.29) is 11.6 Å². The van der Waals surface area contributed by atoms with Gasteiger partial charge in [-0.1, -0.05) is 12.1 Å². The minimum atomic E-state index is -4.46. The van der Waals surface area contributed by atoms with E-state index < -0.39 is 11.9 Å². The van der Waals surface area contributed by atoms with E-state index >= 15 is 0 Å². The number of aryl methyl sites for hydroxylation is 1. The van der Waals surface area contributed by atoms with Crippen LogP contribution in [0.2, 0.25) is 0 Å². The third-order valence-corrected chi connectivity index (χ3v) is 4.22. The molecular weight excluding hydrogens is 319 g/mol. The van der Waals surface area contributed by atoms with Crippen LogP contribution in [0.4, 0.5) is 13.2 Å². The number of halogens is 3. The maximum atomic E-state index is 12.9. The Balaban J connectivity index is 1.89. The largest absolute Gasteiger partial charge is 0.433 e. The molecule has 1 amide bonds. The zero-order valence-corrected chi connectivity index (χ0v) is 13.3. The second-order valence-electron chi connectivity index (χ2n) is 5.97. The average molecular weight is 337 g/mol. The highest BCUT2D eigenvalue weighted by Crippen LogP contribution is 2.32. The predicted molar refractivity (Wildman–Crippen MR) is 83.4 cm³/mol. The van der Waals surface area contributed by atoms with Gasteiger partial charge >= 0.3 is 6.18 Å². The molecule has 1 saturated heterocycles. The summed E-state index contributed by atoms with van der Waals surface area (Å²) in [4.78, 5) is 14.3. The lowest BCUT2D eigenvalue weighted by Gasteiger charge is -2.26. The van der Waals surface area contributed by atoms with Crippen LogP contribution in [0.3, 0.4) is 0 Å². The molecule has 1 aliphatic rings. The van der Waals surface area contributed by atoms with Crippen molar-refractivity contribution in [2.24, 2.45) is 7.05 Å². The van der Waals surface area contributed by atoms with Gasteiger partial charge in [-0.3, -0.25) is 9.48 Å². The lowest BCUT2D eigenvalue weighted by Crippen LogP contribution is -2.35. The number of carbonyl (C=O) groups is 1. The van der Waals surface area contributed by atoms with Crippen molar-refractivity contribution in [1.82, 2.24) is 14.7 Å². The molecule has 1 aliphatic heterocycles. The SMILES string of the molecule is Cn1nc(-c2cccc(C(=O)N3CCCCC3)c2)cc1C(F)(F)F. The molecule has 7 heteroatoms. The fraction of sp³-hybridized carbons (Fsp3) is 0.412. The molecule has 4 nitrogen and oxygen atoms in total. The topological polar surface area (TPSA) is 38.1 Å². The monoisotopic (exact) mass is 337 g/mol. The van der Waals surface area contributed by atoms with Crippen molar-refractivity contribution in [3.05, 3.63) is 41.6 Å². The standard InChI is InChI=1S/C17H18F3N3O/c1-22-15(17(18,19)20)11-14(21-22)12-6-5-7-13(10-12)16(24)23-8-3-2-4-9-23/h5-7,10-11H,2-4,8-9H2,1H3. The molecule has 0 unspecified atom stereocenters. The van der Waals surface area contributed by atoms with E-state index in [9.17, 15) is 18.0 Å². The highest BCUT2D eigenvalue weighted by atomic mass is 19.4. The van der Waals surface area contributed by atoms with Crippen molar-refractivity contribution in [3.63, 3.8) is 0 Å². The molecule has 128 valence electrons. The summed E-state index contributed by atoms with van der Waals surface area (Å²) in [6.07, 6.45) is -1.36. The van der Waals surface area contributed by atoms with E-state index in [0.29, 0.717) is 11.1 Å². The molecule has 2 aromatic rings. The predicted octanol–water partition coefficient (Wildman–Crippen LogP) is 3.73. The van der Waals surface area contributed by atoms with Gasteiger partial charge in [0.2, 0.25) is 0 Å². The molecule has 0 aliphatic carbocycles. The molecule has 0 N–H and O–H groups in total. The quantitative estimate of drug-likeness (QED) is 0.837. The third-order valence-electron chi connectivity index (χ3n) is 4.22. The van der Waals surface area contributed by atoms with Crippen molar-refractivity contribution in [2.45, 2.75) is 25.4 Å². The van der Waals surface area contributed by atoms with Crippen LogP contribution in [0.25, 0.3) is 11.3 Å². The number of hydrogen-bond acceptors (Lipinski definition) is 2. The van der Waals surface area contributed by atoms with Crippen molar-refractivity contribution in [2.75, 3.05) is 13.1 Å². The molecular formula is C17H18F3N3O. The minimum absolute atomic E-state index is 0.0801. The molecule has 24 heavy (non-hydrogen) atoms. The Labute approximate surface area is 137 Å². The highest BCUT2D eigenvalue weighted by molar-refractivity contribution is 5.95. The van der Waals surface area contributed by atoms with E-state index in [4.69, 9.17) is 0 Å². The molecule has 1 aromatic carbocycles. The summed E-state index contributed by atoms with van der Waals surface area (Å²) >= 11 is 0. The third kappa shape index (κ3) is 3.29. The van der Waals surface area contributed by atoms with Gasteiger partial charge in [0.15, 0.2) is 0 Å². The Morgan fingerprint density at radius 3 is 2.46 bits per heavy atom. The van der Waals surface area contributed by atoms with Crippen LogP contribution in [0, 0.1) is 0 Å². The molecule has 0 saturated carbocycles. The van der Waals surface area contributed by atoms with Gasteiger partial charge in [-0.15, -0.1) is 0 Å². The summed E-state index contributed by atoms with van der Waals surface area (Å²) in [6, 6.07) is 7.64. The minimum Gasteiger partial charge on any atom is -0.339 e. The van der Waals surface area contributed by atoms with Crippen LogP contribution in [-0.4, -0.2) is 33.7 Å². The summed E-state index contributed by atoms with van der Waals surface area (Å²) in [7, 11) is 1.26. The molecule has 1 aromatic heterocycles. The van der Waals surface area contributed by atoms with Gasteiger partial charge in [0.25, 0.3) is 5.91 Å². The second-order valence-corrected chi connectivity index (χ2v) is 5.97. The number of rotatable bonds is 2. The Hall–Kier alpha value is -2.31. The molecule has 2 heterocycles.